The molecule has 0 unspecified atom stereocenters. The van der Waals surface area contributed by atoms with Gasteiger partial charge in [0.1, 0.15) is 0 Å². The number of fused-ring (bicyclic) bond motifs is 1. The Labute approximate surface area is 182 Å². The number of anilines is 1. The Morgan fingerprint density at radius 3 is 2.87 bits per heavy atom. The van der Waals surface area contributed by atoms with E-state index in [9.17, 15) is 13.6 Å². The molecular weight excluding hydrogens is 426 g/mol. The van der Waals surface area contributed by atoms with Crippen molar-refractivity contribution in [3.05, 3.63) is 41.7 Å². The summed E-state index contributed by atoms with van der Waals surface area (Å²) < 4.78 is 27.0. The number of aromatic amines is 1. The third kappa shape index (κ3) is 4.62. The van der Waals surface area contributed by atoms with Gasteiger partial charge in [-0.25, -0.2) is 9.97 Å². The van der Waals surface area contributed by atoms with Gasteiger partial charge in [0, 0.05) is 34.7 Å². The molecule has 0 spiro atoms. The Morgan fingerprint density at radius 1 is 1.29 bits per heavy atom. The summed E-state index contributed by atoms with van der Waals surface area (Å²) in [7, 11) is 0. The first-order valence-electron chi connectivity index (χ1n) is 10.1. The fourth-order valence-corrected chi connectivity index (χ4v) is 4.10. The van der Waals surface area contributed by atoms with Gasteiger partial charge in [-0.2, -0.15) is 8.78 Å². The Balaban J connectivity index is 1.48. The lowest BCUT2D eigenvalue weighted by Gasteiger charge is -2.31. The number of hydrogen-bond acceptors (Lipinski definition) is 5. The van der Waals surface area contributed by atoms with Crippen molar-refractivity contribution in [1.82, 2.24) is 20.3 Å². The van der Waals surface area contributed by atoms with E-state index in [2.05, 4.69) is 25.6 Å². The van der Waals surface area contributed by atoms with Crippen LogP contribution in [-0.2, 0) is 4.79 Å². The average molecular weight is 449 g/mol. The van der Waals surface area contributed by atoms with Crippen molar-refractivity contribution in [3.63, 3.8) is 0 Å². The SMILES string of the molecule is NCC(F)(F)C(=O)N[C@H]1CCC[C@@H](Nc2ncc(Cl)c(-c3c[nH]c4ccccc34)n2)C1. The molecule has 1 saturated carbocycles. The molecule has 0 radical (unpaired) electrons. The number of halogens is 3. The molecule has 1 aliphatic rings. The number of hydrogen-bond donors (Lipinski definition) is 4. The number of alkyl halides is 2. The molecular formula is C21H23ClF2N6O. The van der Waals surface area contributed by atoms with Gasteiger partial charge in [-0.15, -0.1) is 0 Å². The highest BCUT2D eigenvalue weighted by Crippen LogP contribution is 2.32. The first-order chi connectivity index (χ1) is 14.9. The minimum Gasteiger partial charge on any atom is -0.360 e. The summed E-state index contributed by atoms with van der Waals surface area (Å²) in [6, 6.07) is 7.41. The van der Waals surface area contributed by atoms with Gasteiger partial charge < -0.3 is 21.4 Å². The van der Waals surface area contributed by atoms with Crippen LogP contribution in [0.4, 0.5) is 14.7 Å². The van der Waals surface area contributed by atoms with Crippen LogP contribution in [0.5, 0.6) is 0 Å². The van der Waals surface area contributed by atoms with Crippen molar-refractivity contribution in [2.45, 2.75) is 43.7 Å². The zero-order valence-corrected chi connectivity index (χ0v) is 17.4. The maximum absolute atomic E-state index is 13.5. The summed E-state index contributed by atoms with van der Waals surface area (Å²) in [5.41, 5.74) is 7.43. The fourth-order valence-electron chi connectivity index (χ4n) is 3.91. The highest BCUT2D eigenvalue weighted by Gasteiger charge is 2.38. The van der Waals surface area contributed by atoms with Crippen molar-refractivity contribution in [3.8, 4) is 11.3 Å². The molecule has 0 aliphatic heterocycles. The predicted molar refractivity (Wildman–Crippen MR) is 116 cm³/mol. The molecule has 1 amide bonds. The molecule has 1 aliphatic carbocycles. The lowest BCUT2D eigenvalue weighted by Crippen LogP contribution is -2.51. The summed E-state index contributed by atoms with van der Waals surface area (Å²) in [6.45, 7) is -1.01. The van der Waals surface area contributed by atoms with Crippen LogP contribution in [0.15, 0.2) is 36.7 Å². The molecule has 4 rings (SSSR count). The second kappa shape index (κ2) is 8.76. The number of amides is 1. The molecule has 2 aromatic heterocycles. The van der Waals surface area contributed by atoms with Gasteiger partial charge >= 0.3 is 5.92 Å². The minimum atomic E-state index is -3.56. The maximum atomic E-state index is 13.5. The first kappa shape index (κ1) is 21.5. The smallest absolute Gasteiger partial charge is 0.336 e. The second-order valence-corrected chi connectivity index (χ2v) is 8.13. The zero-order valence-electron chi connectivity index (χ0n) is 16.7. The standard InChI is InChI=1S/C21H23ClF2N6O/c22-16-10-27-20(30-18(16)15-9-26-17-7-2-1-6-14(15)17)29-13-5-3-4-12(8-13)28-19(31)21(23,24)11-25/h1-2,6-7,9-10,12-13,26H,3-5,8,11,25H2,(H,28,31)(H,27,29,30)/t12-,13+/m0/s1. The van der Waals surface area contributed by atoms with E-state index >= 15 is 0 Å². The average Bonchev–Trinajstić information content (AvgIpc) is 3.19. The van der Waals surface area contributed by atoms with Crippen LogP contribution in [0.2, 0.25) is 5.02 Å². The van der Waals surface area contributed by atoms with E-state index in [-0.39, 0.29) is 12.1 Å². The summed E-state index contributed by atoms with van der Waals surface area (Å²) >= 11 is 6.37. The Morgan fingerprint density at radius 2 is 2.06 bits per heavy atom. The second-order valence-electron chi connectivity index (χ2n) is 7.72. The normalized spacial score (nSPS) is 19.4. The number of aromatic nitrogens is 3. The molecule has 164 valence electrons. The largest absolute Gasteiger partial charge is 0.360 e. The van der Waals surface area contributed by atoms with Crippen molar-refractivity contribution in [2.24, 2.45) is 5.73 Å². The molecule has 1 aromatic carbocycles. The monoisotopic (exact) mass is 448 g/mol. The molecule has 2 atom stereocenters. The van der Waals surface area contributed by atoms with Crippen LogP contribution < -0.4 is 16.4 Å². The van der Waals surface area contributed by atoms with Crippen molar-refractivity contribution in [1.29, 1.82) is 0 Å². The van der Waals surface area contributed by atoms with Crippen LogP contribution in [0.1, 0.15) is 25.7 Å². The van der Waals surface area contributed by atoms with Crippen LogP contribution >= 0.6 is 11.6 Å². The number of para-hydroxylation sites is 1. The van der Waals surface area contributed by atoms with Gasteiger partial charge in [0.2, 0.25) is 5.95 Å². The van der Waals surface area contributed by atoms with Gasteiger partial charge in [-0.3, -0.25) is 4.79 Å². The highest BCUT2D eigenvalue weighted by molar-refractivity contribution is 6.33. The topological polar surface area (TPSA) is 109 Å². The number of carbonyl (C=O) groups excluding carboxylic acids is 1. The van der Waals surface area contributed by atoms with Gasteiger partial charge in [0.05, 0.1) is 23.5 Å². The van der Waals surface area contributed by atoms with Crippen molar-refractivity contribution < 1.29 is 13.6 Å². The number of benzene rings is 1. The fraction of sp³-hybridized carbons (Fsp3) is 0.381. The van der Waals surface area contributed by atoms with Gasteiger partial charge in [-0.1, -0.05) is 29.8 Å². The Bertz CT molecular complexity index is 1090. The lowest BCUT2D eigenvalue weighted by atomic mass is 9.91. The number of H-pyrrole nitrogens is 1. The summed E-state index contributed by atoms with van der Waals surface area (Å²) in [6.07, 6.45) is 6.10. The van der Waals surface area contributed by atoms with Gasteiger partial charge in [0.25, 0.3) is 5.91 Å². The molecule has 0 bridgehead atoms. The Kier molecular flexibility index (Phi) is 6.06. The van der Waals surface area contributed by atoms with Crippen molar-refractivity contribution >= 4 is 34.4 Å². The molecule has 31 heavy (non-hydrogen) atoms. The molecule has 7 nitrogen and oxygen atoms in total. The maximum Gasteiger partial charge on any atom is 0.336 e. The van der Waals surface area contributed by atoms with E-state index in [4.69, 9.17) is 17.3 Å². The molecule has 2 heterocycles. The first-order valence-corrected chi connectivity index (χ1v) is 10.5. The predicted octanol–water partition coefficient (Wildman–Crippen LogP) is 3.71. The van der Waals surface area contributed by atoms with E-state index in [0.717, 1.165) is 29.3 Å². The quantitative estimate of drug-likeness (QED) is 0.459. The molecule has 1 fully saturated rings. The van der Waals surface area contributed by atoms with E-state index in [1.54, 1.807) is 0 Å². The molecule has 5 N–H and O–H groups in total. The van der Waals surface area contributed by atoms with Gasteiger partial charge in [-0.05, 0) is 31.7 Å². The summed E-state index contributed by atoms with van der Waals surface area (Å²) in [5, 5.41) is 7.09. The number of nitrogens with zero attached hydrogens (tertiary/aromatic N) is 2. The molecule has 10 heteroatoms. The zero-order chi connectivity index (χ0) is 22.0. The summed E-state index contributed by atoms with van der Waals surface area (Å²) in [5.74, 6) is -4.49. The third-order valence-electron chi connectivity index (χ3n) is 5.52. The number of rotatable bonds is 6. The highest BCUT2D eigenvalue weighted by atomic mass is 35.5. The minimum absolute atomic E-state index is 0.0671. The van der Waals surface area contributed by atoms with Crippen molar-refractivity contribution in [2.75, 3.05) is 11.9 Å². The van der Waals surface area contributed by atoms with E-state index in [1.165, 1.54) is 6.20 Å². The van der Waals surface area contributed by atoms with E-state index in [1.807, 2.05) is 30.5 Å². The van der Waals surface area contributed by atoms with Crippen LogP contribution in [0.3, 0.4) is 0 Å². The lowest BCUT2D eigenvalue weighted by molar-refractivity contribution is -0.145. The molecule has 3 aromatic rings. The van der Waals surface area contributed by atoms with E-state index in [0.29, 0.717) is 29.5 Å². The van der Waals surface area contributed by atoms with E-state index < -0.39 is 18.4 Å². The number of carbonyl (C=O) groups is 1. The number of nitrogens with two attached hydrogens (primary N) is 1. The van der Waals surface area contributed by atoms with Crippen LogP contribution in [-0.4, -0.2) is 45.4 Å². The molecule has 0 saturated heterocycles. The van der Waals surface area contributed by atoms with Crippen LogP contribution in [0, 0.1) is 0 Å². The third-order valence-corrected chi connectivity index (χ3v) is 5.80. The summed E-state index contributed by atoms with van der Waals surface area (Å²) in [4.78, 5) is 23.8. The van der Waals surface area contributed by atoms with Crippen LogP contribution in [0.25, 0.3) is 22.2 Å². The Hall–Kier alpha value is -2.78. The van der Waals surface area contributed by atoms with Gasteiger partial charge in [0.15, 0.2) is 0 Å². The number of nitrogens with one attached hydrogen (secondary N) is 3.